The van der Waals surface area contributed by atoms with Crippen LogP contribution in [-0.2, 0) is 0 Å². The van der Waals surface area contributed by atoms with E-state index in [9.17, 15) is 4.79 Å². The van der Waals surface area contributed by atoms with E-state index in [4.69, 9.17) is 21.8 Å². The summed E-state index contributed by atoms with van der Waals surface area (Å²) in [6.07, 6.45) is 7.70. The zero-order valence-electron chi connectivity index (χ0n) is 19.0. The molecule has 10 heteroatoms. The van der Waals surface area contributed by atoms with E-state index in [2.05, 4.69) is 25.7 Å². The summed E-state index contributed by atoms with van der Waals surface area (Å²) in [7, 11) is 0. The number of pyridine rings is 1. The molecule has 9 nitrogen and oxygen atoms in total. The molecule has 0 saturated carbocycles. The Bertz CT molecular complexity index is 1350. The molecule has 1 amide bonds. The highest BCUT2D eigenvalue weighted by Crippen LogP contribution is 2.33. The topological polar surface area (TPSA) is 124 Å². The van der Waals surface area contributed by atoms with Crippen molar-refractivity contribution >= 4 is 34.4 Å². The van der Waals surface area contributed by atoms with Crippen molar-refractivity contribution in [2.45, 2.75) is 38.8 Å². The van der Waals surface area contributed by atoms with Crippen LogP contribution in [0.25, 0.3) is 33.7 Å². The van der Waals surface area contributed by atoms with Gasteiger partial charge in [-0.3, -0.25) is 9.48 Å². The third kappa shape index (κ3) is 4.36. The molecule has 0 aliphatic carbocycles. The molecule has 34 heavy (non-hydrogen) atoms. The van der Waals surface area contributed by atoms with E-state index in [0.29, 0.717) is 45.0 Å². The highest BCUT2D eigenvalue weighted by molar-refractivity contribution is 6.34. The number of amides is 1. The van der Waals surface area contributed by atoms with Gasteiger partial charge in [-0.25, -0.2) is 9.97 Å². The Morgan fingerprint density at radius 3 is 2.79 bits per heavy atom. The number of benzene rings is 1. The second kappa shape index (κ2) is 9.08. The van der Waals surface area contributed by atoms with Crippen LogP contribution >= 0.6 is 11.6 Å². The molecule has 4 heterocycles. The number of nitrogens with one attached hydrogen (secondary N) is 2. The molecular formula is C24H26ClN7O2. The fourth-order valence-electron chi connectivity index (χ4n) is 4.14. The van der Waals surface area contributed by atoms with E-state index < -0.39 is 0 Å². The van der Waals surface area contributed by atoms with Crippen molar-refractivity contribution in [1.82, 2.24) is 30.4 Å². The minimum atomic E-state index is -0.264. The van der Waals surface area contributed by atoms with E-state index in [1.54, 1.807) is 18.3 Å². The molecule has 1 saturated heterocycles. The van der Waals surface area contributed by atoms with Crippen LogP contribution < -0.4 is 16.4 Å². The number of anilines is 1. The summed E-state index contributed by atoms with van der Waals surface area (Å²) in [6, 6.07) is 5.49. The first-order chi connectivity index (χ1) is 16.4. The molecule has 1 aromatic carbocycles. The Kier molecular flexibility index (Phi) is 5.97. The summed E-state index contributed by atoms with van der Waals surface area (Å²) in [6.45, 7) is 5.76. The Balaban J connectivity index is 1.48. The maximum atomic E-state index is 12.5. The van der Waals surface area contributed by atoms with Gasteiger partial charge in [0, 0.05) is 35.6 Å². The highest BCUT2D eigenvalue weighted by Gasteiger charge is 2.20. The predicted octanol–water partition coefficient (Wildman–Crippen LogP) is 4.05. The molecule has 1 aliphatic rings. The highest BCUT2D eigenvalue weighted by atomic mass is 35.5. The van der Waals surface area contributed by atoms with Crippen molar-refractivity contribution in [3.05, 3.63) is 47.4 Å². The third-order valence-corrected chi connectivity index (χ3v) is 6.22. The Morgan fingerprint density at radius 1 is 1.24 bits per heavy atom. The number of carbonyl (C=O) groups is 1. The van der Waals surface area contributed by atoms with Gasteiger partial charge in [0.25, 0.3) is 5.91 Å². The van der Waals surface area contributed by atoms with E-state index in [1.165, 1.54) is 0 Å². The second-order valence-electron chi connectivity index (χ2n) is 8.79. The maximum Gasteiger partial charge on any atom is 0.253 e. The molecule has 0 unspecified atom stereocenters. The maximum absolute atomic E-state index is 12.5. The smallest absolute Gasteiger partial charge is 0.253 e. The minimum Gasteiger partial charge on any atom is -0.436 e. The van der Waals surface area contributed by atoms with Gasteiger partial charge in [-0.1, -0.05) is 11.6 Å². The molecule has 0 spiro atoms. The number of aromatic nitrogens is 4. The average molecular weight is 480 g/mol. The van der Waals surface area contributed by atoms with Crippen LogP contribution in [0, 0.1) is 0 Å². The van der Waals surface area contributed by atoms with Gasteiger partial charge in [0.2, 0.25) is 5.89 Å². The van der Waals surface area contributed by atoms with Gasteiger partial charge in [0.05, 0.1) is 28.4 Å². The lowest BCUT2D eigenvalue weighted by Gasteiger charge is -2.22. The van der Waals surface area contributed by atoms with Crippen molar-refractivity contribution in [1.29, 1.82) is 0 Å². The number of piperidine rings is 1. The van der Waals surface area contributed by atoms with Gasteiger partial charge in [0.1, 0.15) is 11.3 Å². The van der Waals surface area contributed by atoms with Crippen LogP contribution in [0.15, 0.2) is 41.2 Å². The number of fused-ring (bicyclic) bond motifs is 1. The summed E-state index contributed by atoms with van der Waals surface area (Å²) in [4.78, 5) is 21.4. The molecule has 4 N–H and O–H groups in total. The summed E-state index contributed by atoms with van der Waals surface area (Å²) in [5, 5.41) is 11.1. The van der Waals surface area contributed by atoms with Crippen LogP contribution in [-0.4, -0.2) is 44.8 Å². The summed E-state index contributed by atoms with van der Waals surface area (Å²) in [5.41, 5.74) is 9.86. The van der Waals surface area contributed by atoms with Crippen LogP contribution in [0.5, 0.6) is 0 Å². The largest absolute Gasteiger partial charge is 0.436 e. The number of oxazole rings is 1. The summed E-state index contributed by atoms with van der Waals surface area (Å²) < 4.78 is 7.97. The molecule has 0 atom stereocenters. The number of hydrogen-bond acceptors (Lipinski definition) is 7. The third-order valence-electron chi connectivity index (χ3n) is 5.91. The number of carbonyl (C=O) groups excluding carboxylic acids is 1. The first-order valence-electron chi connectivity index (χ1n) is 11.3. The van der Waals surface area contributed by atoms with Crippen LogP contribution in [0.3, 0.4) is 0 Å². The standard InChI is InChI=1S/C24H26ClN7O2/c1-13(2)30-23(33)17-8-20-21(9-19(17)25)34-24(31-20)18-7-14(10-28-22(18)26)15-11-29-32(12-15)16-3-5-27-6-4-16/h7-13,16,27H,3-6H2,1-2H3,(H2,26,28)(H,30,33). The molecule has 5 rings (SSSR count). The molecular weight excluding hydrogens is 454 g/mol. The number of nitrogens with two attached hydrogens (primary N) is 1. The lowest BCUT2D eigenvalue weighted by molar-refractivity contribution is 0.0943. The molecule has 4 aromatic rings. The van der Waals surface area contributed by atoms with E-state index in [1.807, 2.05) is 37.0 Å². The van der Waals surface area contributed by atoms with Crippen LogP contribution in [0.2, 0.25) is 5.02 Å². The molecule has 1 fully saturated rings. The zero-order chi connectivity index (χ0) is 23.8. The second-order valence-corrected chi connectivity index (χ2v) is 9.20. The van der Waals surface area contributed by atoms with Crippen molar-refractivity contribution in [3.8, 4) is 22.6 Å². The number of hydrogen-bond donors (Lipinski definition) is 3. The minimum absolute atomic E-state index is 0.0140. The van der Waals surface area contributed by atoms with E-state index in [-0.39, 0.29) is 11.9 Å². The lowest BCUT2D eigenvalue weighted by Crippen LogP contribution is -2.30. The fourth-order valence-corrected chi connectivity index (χ4v) is 4.38. The van der Waals surface area contributed by atoms with Crippen molar-refractivity contribution in [2.75, 3.05) is 18.8 Å². The lowest BCUT2D eigenvalue weighted by atomic mass is 10.1. The van der Waals surface area contributed by atoms with Gasteiger partial charge in [0.15, 0.2) is 5.58 Å². The first kappa shape index (κ1) is 22.4. The Labute approximate surface area is 201 Å². The Morgan fingerprint density at radius 2 is 2.03 bits per heavy atom. The number of nitrogen functional groups attached to an aromatic ring is 1. The van der Waals surface area contributed by atoms with Gasteiger partial charge in [-0.2, -0.15) is 5.10 Å². The fraction of sp³-hybridized carbons (Fsp3) is 0.333. The average Bonchev–Trinajstić information content (AvgIpc) is 3.46. The van der Waals surface area contributed by atoms with Gasteiger partial charge in [-0.05, 0) is 51.9 Å². The van der Waals surface area contributed by atoms with Crippen molar-refractivity contribution < 1.29 is 9.21 Å². The van der Waals surface area contributed by atoms with Gasteiger partial charge < -0.3 is 20.8 Å². The quantitative estimate of drug-likeness (QED) is 0.394. The molecule has 1 aliphatic heterocycles. The predicted molar refractivity (Wildman–Crippen MR) is 132 cm³/mol. The monoisotopic (exact) mass is 479 g/mol. The number of nitrogens with zero attached hydrogens (tertiary/aromatic N) is 4. The molecule has 0 radical (unpaired) electrons. The molecule has 176 valence electrons. The number of rotatable bonds is 5. The molecule has 0 bridgehead atoms. The van der Waals surface area contributed by atoms with Gasteiger partial charge in [-0.15, -0.1) is 0 Å². The van der Waals surface area contributed by atoms with E-state index >= 15 is 0 Å². The van der Waals surface area contributed by atoms with Crippen LogP contribution in [0.1, 0.15) is 43.1 Å². The van der Waals surface area contributed by atoms with Crippen molar-refractivity contribution in [2.24, 2.45) is 0 Å². The zero-order valence-corrected chi connectivity index (χ0v) is 19.8. The molecule has 3 aromatic heterocycles. The van der Waals surface area contributed by atoms with Crippen LogP contribution in [0.4, 0.5) is 5.82 Å². The SMILES string of the molecule is CC(C)NC(=O)c1cc2nc(-c3cc(-c4cnn(C5CCNCC5)c4)cnc3N)oc2cc1Cl. The van der Waals surface area contributed by atoms with E-state index in [0.717, 1.165) is 37.1 Å². The summed E-state index contributed by atoms with van der Waals surface area (Å²) in [5.74, 6) is 0.343. The Hall–Kier alpha value is -3.43. The van der Waals surface area contributed by atoms with Gasteiger partial charge >= 0.3 is 0 Å². The first-order valence-corrected chi connectivity index (χ1v) is 11.7. The number of halogens is 1. The normalized spacial score (nSPS) is 14.7. The van der Waals surface area contributed by atoms with Crippen molar-refractivity contribution in [3.63, 3.8) is 0 Å². The summed E-state index contributed by atoms with van der Waals surface area (Å²) >= 11 is 6.34.